The summed E-state index contributed by atoms with van der Waals surface area (Å²) in [5.41, 5.74) is -0.876. The Morgan fingerprint density at radius 3 is 2.63 bits per heavy atom. The number of allylic oxidation sites excluding steroid dienone is 1. The van der Waals surface area contributed by atoms with Crippen LogP contribution in [0.4, 0.5) is 0 Å². The lowest BCUT2D eigenvalue weighted by molar-refractivity contribution is -0.131. The maximum Gasteiger partial charge on any atom is 0.327 e. The van der Waals surface area contributed by atoms with E-state index in [1.807, 2.05) is 0 Å². The van der Waals surface area contributed by atoms with Crippen molar-refractivity contribution >= 4 is 11.8 Å². The molecular formula is C23H36O4. The molecule has 0 saturated heterocycles. The molecule has 0 aromatic heterocycles. The highest BCUT2D eigenvalue weighted by Crippen LogP contribution is 2.37. The van der Waals surface area contributed by atoms with E-state index in [1.54, 1.807) is 13.0 Å². The van der Waals surface area contributed by atoms with Crippen LogP contribution in [0, 0.1) is 23.7 Å². The second-order valence-corrected chi connectivity index (χ2v) is 7.80. The lowest BCUT2D eigenvalue weighted by Gasteiger charge is -2.24. The van der Waals surface area contributed by atoms with Crippen LogP contribution in [0.15, 0.2) is 12.2 Å². The lowest BCUT2D eigenvalue weighted by Crippen LogP contribution is -2.27. The zero-order chi connectivity index (χ0) is 20.1. The number of unbranched alkanes of at least 4 members (excludes halogenated alkanes) is 3. The van der Waals surface area contributed by atoms with Crippen molar-refractivity contribution in [3.63, 3.8) is 0 Å². The second-order valence-electron chi connectivity index (χ2n) is 7.80. The molecular weight excluding hydrogens is 340 g/mol. The minimum absolute atomic E-state index is 0.148. The smallest absolute Gasteiger partial charge is 0.327 e. The Balaban J connectivity index is 2.40. The number of aliphatic hydroxyl groups is 1. The van der Waals surface area contributed by atoms with E-state index >= 15 is 0 Å². The number of carboxylic acid groups (broad SMARTS) is 1. The van der Waals surface area contributed by atoms with E-state index < -0.39 is 11.6 Å². The number of ketones is 1. The van der Waals surface area contributed by atoms with Crippen LogP contribution in [-0.4, -0.2) is 27.6 Å². The van der Waals surface area contributed by atoms with Crippen LogP contribution in [0.5, 0.6) is 0 Å². The normalized spacial score (nSPS) is 21.8. The maximum absolute atomic E-state index is 12.2. The fourth-order valence-corrected chi connectivity index (χ4v) is 4.14. The van der Waals surface area contributed by atoms with Gasteiger partial charge in [0.15, 0.2) is 0 Å². The van der Waals surface area contributed by atoms with Gasteiger partial charge in [-0.05, 0) is 70.6 Å². The van der Waals surface area contributed by atoms with Crippen LogP contribution >= 0.6 is 0 Å². The van der Waals surface area contributed by atoms with Crippen molar-refractivity contribution in [2.45, 2.75) is 96.5 Å². The number of carboxylic acids is 1. The molecule has 4 heteroatoms. The predicted octanol–water partition coefficient (Wildman–Crippen LogP) is 4.90. The van der Waals surface area contributed by atoms with E-state index in [1.165, 1.54) is 6.08 Å². The Kier molecular flexibility index (Phi) is 11.0. The summed E-state index contributed by atoms with van der Waals surface area (Å²) in [6, 6.07) is 0. The first-order valence-electron chi connectivity index (χ1n) is 10.5. The summed E-state index contributed by atoms with van der Waals surface area (Å²) >= 11 is 0. The van der Waals surface area contributed by atoms with E-state index in [4.69, 9.17) is 5.11 Å². The summed E-state index contributed by atoms with van der Waals surface area (Å²) in [5.74, 6) is 5.91. The van der Waals surface area contributed by atoms with E-state index in [2.05, 4.69) is 18.8 Å². The first kappa shape index (κ1) is 23.4. The van der Waals surface area contributed by atoms with E-state index in [-0.39, 0.29) is 5.92 Å². The largest absolute Gasteiger partial charge is 0.478 e. The van der Waals surface area contributed by atoms with Gasteiger partial charge < -0.3 is 10.2 Å². The Labute approximate surface area is 164 Å². The van der Waals surface area contributed by atoms with Gasteiger partial charge in [0.25, 0.3) is 0 Å². The molecule has 1 aliphatic carbocycles. The van der Waals surface area contributed by atoms with Crippen LogP contribution in [0.25, 0.3) is 0 Å². The average molecular weight is 377 g/mol. The lowest BCUT2D eigenvalue weighted by atomic mass is 9.84. The molecule has 0 aromatic rings. The van der Waals surface area contributed by atoms with Gasteiger partial charge in [0.2, 0.25) is 0 Å². The molecule has 1 aliphatic rings. The fourth-order valence-electron chi connectivity index (χ4n) is 4.14. The Morgan fingerprint density at radius 1 is 1.22 bits per heavy atom. The monoisotopic (exact) mass is 376 g/mol. The summed E-state index contributed by atoms with van der Waals surface area (Å²) in [7, 11) is 0. The highest BCUT2D eigenvalue weighted by Gasteiger charge is 2.34. The summed E-state index contributed by atoms with van der Waals surface area (Å²) in [6.07, 6.45) is 13.4. The van der Waals surface area contributed by atoms with Crippen molar-refractivity contribution in [3.8, 4) is 11.8 Å². The minimum atomic E-state index is -0.910. The molecule has 152 valence electrons. The van der Waals surface area contributed by atoms with E-state index in [9.17, 15) is 14.7 Å². The van der Waals surface area contributed by atoms with Crippen LogP contribution in [0.3, 0.4) is 0 Å². The molecule has 2 N–H and O–H groups in total. The zero-order valence-electron chi connectivity index (χ0n) is 17.0. The Hall–Kier alpha value is -1.60. The molecule has 27 heavy (non-hydrogen) atoms. The predicted molar refractivity (Wildman–Crippen MR) is 108 cm³/mol. The molecule has 0 radical (unpaired) electrons. The quantitative estimate of drug-likeness (QED) is 0.272. The SMILES string of the molecule is CC#CC(O)(CCCC)CCC[C@H]1CCC(=O)[C@@H]1CCCCC=CC(=O)O. The summed E-state index contributed by atoms with van der Waals surface area (Å²) < 4.78 is 0. The number of carbonyl (C=O) groups excluding carboxylic acids is 1. The molecule has 1 unspecified atom stereocenters. The molecule has 0 heterocycles. The maximum atomic E-state index is 12.2. The number of rotatable bonds is 13. The van der Waals surface area contributed by atoms with Gasteiger partial charge in [0.1, 0.15) is 11.4 Å². The number of Topliss-reactive ketones (excluding diaryl/α,β-unsaturated/α-hetero) is 1. The van der Waals surface area contributed by atoms with Gasteiger partial charge in [-0.25, -0.2) is 4.79 Å². The first-order valence-corrected chi connectivity index (χ1v) is 10.5. The van der Waals surface area contributed by atoms with Crippen molar-refractivity contribution in [2.24, 2.45) is 11.8 Å². The highest BCUT2D eigenvalue weighted by molar-refractivity contribution is 5.83. The van der Waals surface area contributed by atoms with Crippen LogP contribution in [-0.2, 0) is 9.59 Å². The first-order chi connectivity index (χ1) is 12.9. The number of hydrogen-bond acceptors (Lipinski definition) is 3. The minimum Gasteiger partial charge on any atom is -0.478 e. The van der Waals surface area contributed by atoms with Crippen molar-refractivity contribution in [3.05, 3.63) is 12.2 Å². The van der Waals surface area contributed by atoms with Gasteiger partial charge in [-0.3, -0.25) is 4.79 Å². The average Bonchev–Trinajstić information content (AvgIpc) is 2.96. The van der Waals surface area contributed by atoms with Crippen molar-refractivity contribution in [1.82, 2.24) is 0 Å². The molecule has 1 rings (SSSR count). The van der Waals surface area contributed by atoms with Gasteiger partial charge in [-0.15, -0.1) is 5.92 Å². The van der Waals surface area contributed by atoms with E-state index in [0.29, 0.717) is 24.5 Å². The Bertz CT molecular complexity index is 554. The number of hydrogen-bond donors (Lipinski definition) is 2. The third kappa shape index (κ3) is 9.24. The van der Waals surface area contributed by atoms with Crippen molar-refractivity contribution in [2.75, 3.05) is 0 Å². The van der Waals surface area contributed by atoms with Crippen LogP contribution in [0.1, 0.15) is 90.9 Å². The topological polar surface area (TPSA) is 74.6 Å². The van der Waals surface area contributed by atoms with Crippen LogP contribution in [0.2, 0.25) is 0 Å². The zero-order valence-corrected chi connectivity index (χ0v) is 17.0. The van der Waals surface area contributed by atoms with E-state index in [0.717, 1.165) is 64.2 Å². The molecule has 0 amide bonds. The van der Waals surface area contributed by atoms with Crippen molar-refractivity contribution in [1.29, 1.82) is 0 Å². The van der Waals surface area contributed by atoms with Gasteiger partial charge in [-0.2, -0.15) is 0 Å². The molecule has 1 fully saturated rings. The standard InChI is InChI=1S/C23H36O4/c1-3-5-17-23(27,16-4-2)18-10-11-19-14-15-21(24)20(19)12-8-6-7-9-13-22(25)26/h9,13,19-20,27H,3,5-8,10-12,14-15,17-18H2,1-2H3,(H,25,26)/t19-,20+,23?/m0/s1. The fraction of sp³-hybridized carbons (Fsp3) is 0.739. The summed E-state index contributed by atoms with van der Waals surface area (Å²) in [6.45, 7) is 3.89. The second kappa shape index (κ2) is 12.7. The highest BCUT2D eigenvalue weighted by atomic mass is 16.4. The molecule has 0 spiro atoms. The van der Waals surface area contributed by atoms with Gasteiger partial charge in [0.05, 0.1) is 0 Å². The van der Waals surface area contributed by atoms with Crippen LogP contribution < -0.4 is 0 Å². The van der Waals surface area contributed by atoms with Gasteiger partial charge in [-0.1, -0.05) is 31.8 Å². The number of aliphatic carboxylic acids is 1. The van der Waals surface area contributed by atoms with Crippen molar-refractivity contribution < 1.29 is 19.8 Å². The molecule has 3 atom stereocenters. The summed E-state index contributed by atoms with van der Waals surface area (Å²) in [4.78, 5) is 22.7. The third-order valence-electron chi connectivity index (χ3n) is 5.61. The van der Waals surface area contributed by atoms with Gasteiger partial charge >= 0.3 is 5.97 Å². The molecule has 0 bridgehead atoms. The third-order valence-corrected chi connectivity index (χ3v) is 5.61. The number of carbonyl (C=O) groups is 2. The summed E-state index contributed by atoms with van der Waals surface area (Å²) in [5, 5.41) is 19.3. The molecule has 0 aliphatic heterocycles. The van der Waals surface area contributed by atoms with Gasteiger partial charge in [0, 0.05) is 18.4 Å². The molecule has 4 nitrogen and oxygen atoms in total. The molecule has 1 saturated carbocycles. The Morgan fingerprint density at radius 2 is 1.96 bits per heavy atom. The molecule has 0 aromatic carbocycles.